The fourth-order valence-electron chi connectivity index (χ4n) is 0.544. The molecule has 0 radical (unpaired) electrons. The van der Waals surface area contributed by atoms with Gasteiger partial charge in [0.2, 0.25) is 0 Å². The summed E-state index contributed by atoms with van der Waals surface area (Å²) in [6, 6.07) is 0. The number of carbonyl (C=O) groups is 2. The number of aliphatic hydroxyl groups excluding tert-OH is 2. The Morgan fingerprint density at radius 1 is 1.31 bits per heavy atom. The average molecular weight is 237 g/mol. The molecule has 0 aliphatic carbocycles. The third-order valence-electron chi connectivity index (χ3n) is 1.74. The van der Waals surface area contributed by atoms with Gasteiger partial charge < -0.3 is 26.2 Å². The van der Waals surface area contributed by atoms with Gasteiger partial charge in [0.1, 0.15) is 0 Å². The molecule has 0 aromatic rings. The van der Waals surface area contributed by atoms with Crippen molar-refractivity contribution in [3.63, 3.8) is 0 Å². The van der Waals surface area contributed by atoms with Crippen LogP contribution in [0.3, 0.4) is 0 Å². The molecule has 0 spiro atoms. The molecule has 0 aliphatic rings. The van der Waals surface area contributed by atoms with E-state index in [1.54, 1.807) is 0 Å². The van der Waals surface area contributed by atoms with Crippen molar-refractivity contribution in [1.82, 2.24) is 0 Å². The van der Waals surface area contributed by atoms with Crippen LogP contribution < -0.4 is 5.73 Å². The van der Waals surface area contributed by atoms with E-state index in [1.165, 1.54) is 13.8 Å². The molecule has 7 heteroatoms. The lowest BCUT2D eigenvalue weighted by molar-refractivity contribution is -0.154. The van der Waals surface area contributed by atoms with Gasteiger partial charge in [-0.1, -0.05) is 13.8 Å². The molecule has 16 heavy (non-hydrogen) atoms. The van der Waals surface area contributed by atoms with E-state index < -0.39 is 23.5 Å². The summed E-state index contributed by atoms with van der Waals surface area (Å²) < 4.78 is 0. The Labute approximate surface area is 93.5 Å². The maximum Gasteiger partial charge on any atom is 0.333 e. The van der Waals surface area contributed by atoms with Crippen LogP contribution in [0.15, 0.2) is 0 Å². The lowest BCUT2D eigenvalue weighted by Gasteiger charge is -2.24. The molecule has 0 saturated carbocycles. The maximum absolute atomic E-state index is 10.1. The van der Waals surface area contributed by atoms with Crippen LogP contribution >= 0.6 is 0 Å². The predicted octanol–water partition coefficient (Wildman–Crippen LogP) is -1.13. The molecular formula is C9H19NO6. The van der Waals surface area contributed by atoms with E-state index in [-0.39, 0.29) is 19.6 Å². The number of nitrogens with two attached hydrogens (primary N) is 1. The molecule has 1 atom stereocenters. The van der Waals surface area contributed by atoms with Crippen LogP contribution in [0.25, 0.3) is 0 Å². The van der Waals surface area contributed by atoms with E-state index in [2.05, 4.69) is 0 Å². The summed E-state index contributed by atoms with van der Waals surface area (Å²) in [5.74, 6) is -2.14. The standard InChI is InChI=1S/C6H12O4.C3H7NO2/c1-6(2,3-7)4(8)5(9)10;4-2-1-3(5)6/h4,7-8H,3H2,1-2H3,(H,9,10);1-2,4H2,(H,5,6)/t4-;/m0./s1. The summed E-state index contributed by atoms with van der Waals surface area (Å²) in [7, 11) is 0. The number of hydrogen-bond acceptors (Lipinski definition) is 5. The molecule has 0 bridgehead atoms. The van der Waals surface area contributed by atoms with E-state index >= 15 is 0 Å². The van der Waals surface area contributed by atoms with Crippen LogP contribution in [0.2, 0.25) is 0 Å². The van der Waals surface area contributed by atoms with E-state index in [0.717, 1.165) is 0 Å². The number of carboxylic acids is 2. The van der Waals surface area contributed by atoms with E-state index in [1.807, 2.05) is 0 Å². The Morgan fingerprint density at radius 2 is 1.75 bits per heavy atom. The second-order valence-corrected chi connectivity index (χ2v) is 3.82. The average Bonchev–Trinajstić information content (AvgIpc) is 2.17. The summed E-state index contributed by atoms with van der Waals surface area (Å²) in [6.07, 6.45) is -1.43. The van der Waals surface area contributed by atoms with Crippen LogP contribution in [0.5, 0.6) is 0 Å². The summed E-state index contributed by atoms with van der Waals surface area (Å²) in [5, 5.41) is 33.6. The third-order valence-corrected chi connectivity index (χ3v) is 1.74. The molecule has 0 saturated heterocycles. The molecule has 0 unspecified atom stereocenters. The van der Waals surface area contributed by atoms with Crippen molar-refractivity contribution in [2.24, 2.45) is 11.1 Å². The van der Waals surface area contributed by atoms with E-state index in [9.17, 15) is 9.59 Å². The highest BCUT2D eigenvalue weighted by Crippen LogP contribution is 2.19. The van der Waals surface area contributed by atoms with Crippen LogP contribution in [-0.4, -0.2) is 51.6 Å². The van der Waals surface area contributed by atoms with Gasteiger partial charge in [0.05, 0.1) is 13.0 Å². The van der Waals surface area contributed by atoms with Gasteiger partial charge >= 0.3 is 11.9 Å². The Kier molecular flexibility index (Phi) is 8.64. The van der Waals surface area contributed by atoms with Crippen molar-refractivity contribution in [2.75, 3.05) is 13.2 Å². The highest BCUT2D eigenvalue weighted by molar-refractivity contribution is 5.72. The zero-order valence-electron chi connectivity index (χ0n) is 9.38. The van der Waals surface area contributed by atoms with Gasteiger partial charge in [-0.05, 0) is 0 Å². The minimum Gasteiger partial charge on any atom is -0.481 e. The van der Waals surface area contributed by atoms with Crippen molar-refractivity contribution in [1.29, 1.82) is 0 Å². The Balaban J connectivity index is 0. The van der Waals surface area contributed by atoms with Crippen molar-refractivity contribution in [3.05, 3.63) is 0 Å². The predicted molar refractivity (Wildman–Crippen MR) is 55.8 cm³/mol. The smallest absolute Gasteiger partial charge is 0.333 e. The number of carboxylic acid groups (broad SMARTS) is 2. The summed E-state index contributed by atoms with van der Waals surface area (Å²) >= 11 is 0. The van der Waals surface area contributed by atoms with Crippen molar-refractivity contribution >= 4 is 11.9 Å². The van der Waals surface area contributed by atoms with Crippen LogP contribution in [0, 0.1) is 5.41 Å². The fourth-order valence-corrected chi connectivity index (χ4v) is 0.544. The van der Waals surface area contributed by atoms with Crippen molar-refractivity contribution in [3.8, 4) is 0 Å². The molecule has 0 fully saturated rings. The van der Waals surface area contributed by atoms with Gasteiger partial charge in [0.15, 0.2) is 6.10 Å². The molecule has 6 N–H and O–H groups in total. The van der Waals surface area contributed by atoms with Gasteiger partial charge in [-0.25, -0.2) is 4.79 Å². The van der Waals surface area contributed by atoms with Crippen LogP contribution in [-0.2, 0) is 9.59 Å². The molecule has 0 rings (SSSR count). The van der Waals surface area contributed by atoms with Crippen LogP contribution in [0.1, 0.15) is 20.3 Å². The van der Waals surface area contributed by atoms with Gasteiger partial charge in [0.25, 0.3) is 0 Å². The molecule has 96 valence electrons. The third kappa shape index (κ3) is 8.16. The molecule has 0 aromatic heterocycles. The van der Waals surface area contributed by atoms with Crippen molar-refractivity contribution < 1.29 is 30.0 Å². The van der Waals surface area contributed by atoms with Crippen LogP contribution in [0.4, 0.5) is 0 Å². The zero-order valence-corrected chi connectivity index (χ0v) is 9.38. The first-order valence-corrected chi connectivity index (χ1v) is 4.62. The van der Waals surface area contributed by atoms with E-state index in [0.29, 0.717) is 0 Å². The monoisotopic (exact) mass is 237 g/mol. The lowest BCUT2D eigenvalue weighted by Crippen LogP contribution is -2.38. The summed E-state index contributed by atoms with van der Waals surface area (Å²) in [5.41, 5.74) is 3.88. The molecule has 0 amide bonds. The quantitative estimate of drug-likeness (QED) is 0.407. The number of aliphatic carboxylic acids is 2. The topological polar surface area (TPSA) is 141 Å². The first-order valence-electron chi connectivity index (χ1n) is 4.62. The Morgan fingerprint density at radius 3 is 1.81 bits per heavy atom. The second kappa shape index (κ2) is 8.03. The summed E-state index contributed by atoms with van der Waals surface area (Å²) in [6.45, 7) is 2.84. The summed E-state index contributed by atoms with van der Waals surface area (Å²) in [4.78, 5) is 19.7. The zero-order chi connectivity index (χ0) is 13.4. The lowest BCUT2D eigenvalue weighted by atomic mass is 9.88. The number of rotatable bonds is 5. The molecule has 0 aliphatic heterocycles. The normalized spacial score (nSPS) is 12.3. The molecule has 0 heterocycles. The fraction of sp³-hybridized carbons (Fsp3) is 0.778. The largest absolute Gasteiger partial charge is 0.481 e. The van der Waals surface area contributed by atoms with E-state index in [4.69, 9.17) is 26.2 Å². The molecular weight excluding hydrogens is 218 g/mol. The van der Waals surface area contributed by atoms with Gasteiger partial charge in [0, 0.05) is 12.0 Å². The first-order chi connectivity index (χ1) is 7.18. The van der Waals surface area contributed by atoms with Crippen molar-refractivity contribution in [2.45, 2.75) is 26.4 Å². The van der Waals surface area contributed by atoms with Gasteiger partial charge in [-0.2, -0.15) is 0 Å². The maximum atomic E-state index is 10.1. The SMILES string of the molecule is CC(C)(CO)[C@@H](O)C(=O)O.NCCC(=O)O. The Hall–Kier alpha value is -1.18. The minimum atomic E-state index is -1.50. The number of hydrogen-bond donors (Lipinski definition) is 5. The first kappa shape index (κ1) is 17.2. The molecule has 0 aromatic carbocycles. The molecule has 7 nitrogen and oxygen atoms in total. The number of aliphatic hydroxyl groups is 2. The minimum absolute atomic E-state index is 0.0694. The Bertz CT molecular complexity index is 228. The van der Waals surface area contributed by atoms with Gasteiger partial charge in [-0.3, -0.25) is 4.79 Å². The van der Waals surface area contributed by atoms with Gasteiger partial charge in [-0.15, -0.1) is 0 Å². The second-order valence-electron chi connectivity index (χ2n) is 3.82. The highest BCUT2D eigenvalue weighted by atomic mass is 16.4. The highest BCUT2D eigenvalue weighted by Gasteiger charge is 2.32.